The lowest BCUT2D eigenvalue weighted by Gasteiger charge is -2.19. The third-order valence-corrected chi connectivity index (χ3v) is 7.74. The zero-order chi connectivity index (χ0) is 27.0. The number of hydrogen-bond acceptors (Lipinski definition) is 8. The maximum Gasteiger partial charge on any atom is 0.340 e. The summed E-state index contributed by atoms with van der Waals surface area (Å²) in [6.07, 6.45) is 0.946. The van der Waals surface area contributed by atoms with Crippen molar-refractivity contribution in [3.8, 4) is 11.3 Å². The average molecular weight is 542 g/mol. The molecule has 0 atom stereocenters. The molecule has 196 valence electrons. The van der Waals surface area contributed by atoms with Gasteiger partial charge in [0.25, 0.3) is 10.1 Å². The highest BCUT2D eigenvalue weighted by molar-refractivity contribution is 8.14. The van der Waals surface area contributed by atoms with E-state index in [0.29, 0.717) is 41.1 Å². The largest absolute Gasteiger partial charge is 0.460 e. The molecule has 3 rings (SSSR count). The van der Waals surface area contributed by atoms with Crippen molar-refractivity contribution in [1.29, 1.82) is 0 Å². The van der Waals surface area contributed by atoms with Crippen LogP contribution in [0.1, 0.15) is 58.3 Å². The molecule has 0 saturated heterocycles. The van der Waals surface area contributed by atoms with Crippen LogP contribution in [0.2, 0.25) is 0 Å². The van der Waals surface area contributed by atoms with Gasteiger partial charge in [-0.1, -0.05) is 80.6 Å². The van der Waals surface area contributed by atoms with Gasteiger partial charge in [0.2, 0.25) is 5.12 Å². The van der Waals surface area contributed by atoms with Crippen LogP contribution in [0.4, 0.5) is 0 Å². The third kappa shape index (κ3) is 6.85. The first-order valence-electron chi connectivity index (χ1n) is 12.1. The zero-order valence-corrected chi connectivity index (χ0v) is 23.1. The lowest BCUT2D eigenvalue weighted by atomic mass is 9.93. The Morgan fingerprint density at radius 1 is 0.892 bits per heavy atom. The van der Waals surface area contributed by atoms with Gasteiger partial charge in [-0.05, 0) is 43.2 Å². The Kier molecular flexibility index (Phi) is 10.0. The fourth-order valence-electron chi connectivity index (χ4n) is 3.89. The van der Waals surface area contributed by atoms with Gasteiger partial charge >= 0.3 is 5.97 Å². The van der Waals surface area contributed by atoms with Gasteiger partial charge in [0, 0.05) is 5.56 Å². The Labute approximate surface area is 222 Å². The van der Waals surface area contributed by atoms with E-state index < -0.39 is 16.1 Å². The minimum atomic E-state index is -3.99. The lowest BCUT2D eigenvalue weighted by Crippen LogP contribution is -2.20. The van der Waals surface area contributed by atoms with Crippen LogP contribution in [-0.2, 0) is 31.9 Å². The quantitative estimate of drug-likeness (QED) is 0.175. The fourth-order valence-corrected chi connectivity index (χ4v) is 5.43. The number of esters is 1. The molecular weight excluding hydrogens is 510 g/mol. The zero-order valence-electron chi connectivity index (χ0n) is 21.4. The first-order valence-corrected chi connectivity index (χ1v) is 14.5. The van der Waals surface area contributed by atoms with Crippen molar-refractivity contribution in [1.82, 2.24) is 4.98 Å². The summed E-state index contributed by atoms with van der Waals surface area (Å²) in [5.41, 5.74) is 3.95. The Hall–Kier alpha value is -3.01. The van der Waals surface area contributed by atoms with Gasteiger partial charge in [0.05, 0.1) is 27.4 Å². The molecule has 0 saturated carbocycles. The highest BCUT2D eigenvalue weighted by Gasteiger charge is 2.28. The highest BCUT2D eigenvalue weighted by atomic mass is 32.2. The molecule has 0 aliphatic carbocycles. The Bertz CT molecular complexity index is 1350. The average Bonchev–Trinajstić information content (AvgIpc) is 2.90. The van der Waals surface area contributed by atoms with Crippen LogP contribution in [-0.4, -0.2) is 43.5 Å². The second-order valence-electron chi connectivity index (χ2n) is 8.15. The molecule has 0 N–H and O–H groups in total. The van der Waals surface area contributed by atoms with Gasteiger partial charge in [0.15, 0.2) is 0 Å². The van der Waals surface area contributed by atoms with E-state index in [4.69, 9.17) is 13.9 Å². The maximum absolute atomic E-state index is 13.4. The van der Waals surface area contributed by atoms with Crippen molar-refractivity contribution < 1.29 is 26.9 Å². The summed E-state index contributed by atoms with van der Waals surface area (Å²) in [7, 11) is -3.99. The summed E-state index contributed by atoms with van der Waals surface area (Å²) in [5, 5.41) is -0.134. The summed E-state index contributed by atoms with van der Waals surface area (Å²) in [6, 6.07) is 15.5. The molecule has 0 aliphatic heterocycles. The van der Waals surface area contributed by atoms with Crippen LogP contribution in [0.3, 0.4) is 0 Å². The van der Waals surface area contributed by atoms with Crippen molar-refractivity contribution >= 4 is 33.0 Å². The van der Waals surface area contributed by atoms with Gasteiger partial charge in [-0.3, -0.25) is 14.0 Å². The van der Waals surface area contributed by atoms with E-state index in [9.17, 15) is 18.0 Å². The standard InChI is InChI=1S/C28H31NO6S2/c1-5-22-24(28(31)36-7-3)23(6-2)29-26(20-11-9-8-10-12-20)25(22)27(30)34-17-18-35-37(32,33)21-15-13-19(4)14-16-21/h8-16H,5-7,17-18H2,1-4H3. The van der Waals surface area contributed by atoms with Crippen LogP contribution in [0.15, 0.2) is 59.5 Å². The second kappa shape index (κ2) is 13.0. The molecule has 9 heteroatoms. The SMILES string of the molecule is CCSC(=O)c1c(CC)nc(-c2ccccc2)c(C(=O)OCCOS(=O)(=O)c2ccc(C)cc2)c1CC. The van der Waals surface area contributed by atoms with Gasteiger partial charge in [0.1, 0.15) is 13.2 Å². The van der Waals surface area contributed by atoms with Crippen molar-refractivity contribution in [3.63, 3.8) is 0 Å². The smallest absolute Gasteiger partial charge is 0.340 e. The number of carbonyl (C=O) groups excluding carboxylic acids is 2. The number of ether oxygens (including phenoxy) is 1. The number of aryl methyl sites for hydroxylation is 2. The van der Waals surface area contributed by atoms with Crippen LogP contribution >= 0.6 is 11.8 Å². The maximum atomic E-state index is 13.4. The number of nitrogens with zero attached hydrogens (tertiary/aromatic N) is 1. The van der Waals surface area contributed by atoms with Crippen molar-refractivity contribution in [3.05, 3.63) is 82.5 Å². The molecule has 0 aliphatic rings. The van der Waals surface area contributed by atoms with E-state index in [1.54, 1.807) is 12.1 Å². The number of aromatic nitrogens is 1. The number of carbonyl (C=O) groups is 2. The van der Waals surface area contributed by atoms with E-state index in [0.717, 1.165) is 11.1 Å². The van der Waals surface area contributed by atoms with Crippen molar-refractivity contribution in [2.24, 2.45) is 0 Å². The van der Waals surface area contributed by atoms with E-state index in [2.05, 4.69) is 0 Å². The van der Waals surface area contributed by atoms with Crippen molar-refractivity contribution in [2.75, 3.05) is 19.0 Å². The molecule has 2 aromatic carbocycles. The van der Waals surface area contributed by atoms with Gasteiger partial charge < -0.3 is 4.74 Å². The predicted molar refractivity (Wildman–Crippen MR) is 145 cm³/mol. The molecule has 3 aromatic rings. The monoisotopic (exact) mass is 541 g/mol. The molecule has 0 radical (unpaired) electrons. The summed E-state index contributed by atoms with van der Waals surface area (Å²) >= 11 is 1.17. The molecule has 0 fully saturated rings. The Morgan fingerprint density at radius 3 is 2.16 bits per heavy atom. The number of pyridine rings is 1. The van der Waals surface area contributed by atoms with E-state index in [1.807, 2.05) is 58.0 Å². The normalized spacial score (nSPS) is 11.4. The van der Waals surface area contributed by atoms with E-state index in [-0.39, 0.29) is 28.8 Å². The first kappa shape index (κ1) is 28.6. The molecule has 0 amide bonds. The van der Waals surface area contributed by atoms with Crippen molar-refractivity contribution in [2.45, 2.75) is 45.4 Å². The van der Waals surface area contributed by atoms with Gasteiger partial charge in [-0.2, -0.15) is 8.42 Å². The van der Waals surface area contributed by atoms with Gasteiger partial charge in [-0.25, -0.2) is 4.79 Å². The van der Waals surface area contributed by atoms with Crippen LogP contribution < -0.4 is 0 Å². The van der Waals surface area contributed by atoms with Crippen LogP contribution in [0, 0.1) is 6.92 Å². The molecule has 0 spiro atoms. The number of benzene rings is 2. The predicted octanol–water partition coefficient (Wildman–Crippen LogP) is 5.64. The minimum Gasteiger partial charge on any atom is -0.460 e. The number of thioether (sulfide) groups is 1. The molecule has 7 nitrogen and oxygen atoms in total. The fraction of sp³-hybridized carbons (Fsp3) is 0.321. The highest BCUT2D eigenvalue weighted by Crippen LogP contribution is 2.32. The minimum absolute atomic E-state index is 0.0278. The Balaban J connectivity index is 1.92. The second-order valence-corrected chi connectivity index (χ2v) is 11.0. The Morgan fingerprint density at radius 2 is 1.57 bits per heavy atom. The third-order valence-electron chi connectivity index (χ3n) is 5.66. The topological polar surface area (TPSA) is 99.6 Å². The first-order chi connectivity index (χ1) is 17.7. The molecular formula is C28H31NO6S2. The van der Waals surface area contributed by atoms with E-state index in [1.165, 1.54) is 23.9 Å². The molecule has 0 bridgehead atoms. The number of hydrogen-bond donors (Lipinski definition) is 0. The van der Waals surface area contributed by atoms with E-state index >= 15 is 0 Å². The lowest BCUT2D eigenvalue weighted by molar-refractivity contribution is 0.0452. The summed E-state index contributed by atoms with van der Waals surface area (Å²) in [5.74, 6) is -0.0873. The van der Waals surface area contributed by atoms with Crippen LogP contribution in [0.5, 0.6) is 0 Å². The number of rotatable bonds is 11. The molecule has 0 unspecified atom stereocenters. The molecule has 37 heavy (non-hydrogen) atoms. The van der Waals surface area contributed by atoms with Crippen LogP contribution in [0.25, 0.3) is 11.3 Å². The van der Waals surface area contributed by atoms with Gasteiger partial charge in [-0.15, -0.1) is 0 Å². The molecule has 1 heterocycles. The summed E-state index contributed by atoms with van der Waals surface area (Å²) in [4.78, 5) is 31.2. The summed E-state index contributed by atoms with van der Waals surface area (Å²) < 4.78 is 35.4. The molecule has 1 aromatic heterocycles. The summed E-state index contributed by atoms with van der Waals surface area (Å²) in [6.45, 7) is 6.92.